The Morgan fingerprint density at radius 2 is 1.89 bits per heavy atom. The number of carboxylic acids is 1. The molecule has 0 unspecified atom stereocenters. The van der Waals surface area contributed by atoms with E-state index in [4.69, 9.17) is 5.11 Å². The van der Waals surface area contributed by atoms with E-state index in [9.17, 15) is 4.79 Å². The highest BCUT2D eigenvalue weighted by atomic mass is 16.4. The van der Waals surface area contributed by atoms with Gasteiger partial charge in [0.25, 0.3) is 0 Å². The minimum Gasteiger partial charge on any atom is -0.478 e. The van der Waals surface area contributed by atoms with Crippen LogP contribution in [0.2, 0.25) is 0 Å². The zero-order chi connectivity index (χ0) is 13.3. The molecule has 4 heteroatoms. The Morgan fingerprint density at radius 1 is 1.28 bits per heavy atom. The smallest absolute Gasteiger partial charge is 0.335 e. The summed E-state index contributed by atoms with van der Waals surface area (Å²) in [6.07, 6.45) is 1.96. The number of benzene rings is 1. The summed E-state index contributed by atoms with van der Waals surface area (Å²) in [5, 5.41) is 13.3. The van der Waals surface area contributed by atoms with Crippen LogP contribution in [0.1, 0.15) is 35.8 Å². The molecule has 0 fully saturated rings. The fourth-order valence-electron chi connectivity index (χ4n) is 1.95. The number of hydrogen-bond acceptors (Lipinski definition) is 2. The highest BCUT2D eigenvalue weighted by Gasteiger charge is 2.13. The molecule has 1 N–H and O–H groups in total. The Labute approximate surface area is 106 Å². The number of aryl methyl sites for hydroxylation is 1. The summed E-state index contributed by atoms with van der Waals surface area (Å²) in [6, 6.07) is 6.89. The Bertz CT molecular complexity index is 568. The lowest BCUT2D eigenvalue weighted by Gasteiger charge is -2.05. The van der Waals surface area contributed by atoms with Crippen LogP contribution < -0.4 is 0 Å². The number of hydrogen-bond donors (Lipinski definition) is 1. The normalized spacial score (nSPS) is 10.9. The molecule has 0 amide bonds. The molecule has 4 nitrogen and oxygen atoms in total. The van der Waals surface area contributed by atoms with E-state index in [1.807, 2.05) is 25.4 Å². The van der Waals surface area contributed by atoms with Gasteiger partial charge in [0.15, 0.2) is 0 Å². The molecule has 94 valence electrons. The van der Waals surface area contributed by atoms with Gasteiger partial charge in [-0.3, -0.25) is 4.68 Å². The molecule has 2 aromatic rings. The molecule has 0 aliphatic carbocycles. The zero-order valence-electron chi connectivity index (χ0n) is 10.7. The van der Waals surface area contributed by atoms with Crippen LogP contribution in [0.15, 0.2) is 30.5 Å². The minimum atomic E-state index is -0.906. The van der Waals surface area contributed by atoms with Crippen molar-refractivity contribution in [2.24, 2.45) is 7.05 Å². The van der Waals surface area contributed by atoms with Crippen LogP contribution in [0.4, 0.5) is 0 Å². The molecule has 0 aliphatic rings. The van der Waals surface area contributed by atoms with Gasteiger partial charge in [-0.15, -0.1) is 0 Å². The SMILES string of the molecule is CC(C)c1nn(C)cc1-c1ccc(C(=O)O)cc1. The predicted molar refractivity (Wildman–Crippen MR) is 69.7 cm³/mol. The minimum absolute atomic E-state index is 0.300. The summed E-state index contributed by atoms with van der Waals surface area (Å²) < 4.78 is 1.79. The van der Waals surface area contributed by atoms with E-state index in [1.165, 1.54) is 0 Å². The van der Waals surface area contributed by atoms with Crippen molar-refractivity contribution in [2.45, 2.75) is 19.8 Å². The van der Waals surface area contributed by atoms with Crippen molar-refractivity contribution in [3.63, 3.8) is 0 Å². The van der Waals surface area contributed by atoms with Crippen LogP contribution >= 0.6 is 0 Å². The largest absolute Gasteiger partial charge is 0.478 e. The summed E-state index contributed by atoms with van der Waals surface area (Å²) in [4.78, 5) is 10.8. The molecule has 0 saturated carbocycles. The molecule has 0 saturated heterocycles. The highest BCUT2D eigenvalue weighted by molar-refractivity contribution is 5.88. The second kappa shape index (κ2) is 4.64. The Morgan fingerprint density at radius 3 is 2.39 bits per heavy atom. The maximum Gasteiger partial charge on any atom is 0.335 e. The number of nitrogens with zero attached hydrogens (tertiary/aromatic N) is 2. The first-order chi connectivity index (χ1) is 8.49. The molecule has 2 rings (SSSR count). The van der Waals surface area contributed by atoms with Gasteiger partial charge in [-0.1, -0.05) is 26.0 Å². The molecule has 18 heavy (non-hydrogen) atoms. The van der Waals surface area contributed by atoms with Gasteiger partial charge in [-0.2, -0.15) is 5.10 Å². The average molecular weight is 244 g/mol. The Hall–Kier alpha value is -2.10. The molecular weight excluding hydrogens is 228 g/mol. The van der Waals surface area contributed by atoms with E-state index >= 15 is 0 Å². The van der Waals surface area contributed by atoms with E-state index in [0.717, 1.165) is 16.8 Å². The van der Waals surface area contributed by atoms with Gasteiger partial charge in [0, 0.05) is 18.8 Å². The van der Waals surface area contributed by atoms with Gasteiger partial charge in [-0.05, 0) is 23.6 Å². The molecule has 0 radical (unpaired) electrons. The zero-order valence-corrected chi connectivity index (χ0v) is 10.7. The monoisotopic (exact) mass is 244 g/mol. The van der Waals surface area contributed by atoms with Gasteiger partial charge in [0.1, 0.15) is 0 Å². The molecule has 0 bridgehead atoms. The first kappa shape index (κ1) is 12.4. The Kier molecular flexibility index (Phi) is 3.19. The first-order valence-corrected chi connectivity index (χ1v) is 5.86. The summed E-state index contributed by atoms with van der Waals surface area (Å²) in [7, 11) is 1.89. The third-order valence-electron chi connectivity index (χ3n) is 2.85. The maximum atomic E-state index is 10.8. The van der Waals surface area contributed by atoms with E-state index in [1.54, 1.807) is 16.8 Å². The number of aromatic nitrogens is 2. The topological polar surface area (TPSA) is 55.1 Å². The number of carbonyl (C=O) groups is 1. The Balaban J connectivity index is 2.45. The molecular formula is C14H16N2O2. The summed E-state index contributed by atoms with van der Waals surface area (Å²) in [5.41, 5.74) is 3.38. The van der Waals surface area contributed by atoms with E-state index in [0.29, 0.717) is 11.5 Å². The van der Waals surface area contributed by atoms with Crippen molar-refractivity contribution in [1.29, 1.82) is 0 Å². The van der Waals surface area contributed by atoms with E-state index in [-0.39, 0.29) is 0 Å². The third-order valence-corrected chi connectivity index (χ3v) is 2.85. The van der Waals surface area contributed by atoms with Gasteiger partial charge >= 0.3 is 5.97 Å². The second-order valence-electron chi connectivity index (χ2n) is 4.64. The lowest BCUT2D eigenvalue weighted by Crippen LogP contribution is -1.96. The van der Waals surface area contributed by atoms with E-state index in [2.05, 4.69) is 18.9 Å². The molecule has 0 atom stereocenters. The lowest BCUT2D eigenvalue weighted by molar-refractivity contribution is 0.0697. The second-order valence-corrected chi connectivity index (χ2v) is 4.64. The van der Waals surface area contributed by atoms with Crippen LogP contribution in [0.25, 0.3) is 11.1 Å². The van der Waals surface area contributed by atoms with Crippen LogP contribution in [-0.4, -0.2) is 20.9 Å². The van der Waals surface area contributed by atoms with Gasteiger partial charge in [0.05, 0.1) is 11.3 Å². The van der Waals surface area contributed by atoms with Gasteiger partial charge in [-0.25, -0.2) is 4.79 Å². The number of carboxylic acid groups (broad SMARTS) is 1. The third kappa shape index (κ3) is 2.27. The molecule has 1 aromatic carbocycles. The van der Waals surface area contributed by atoms with Crippen molar-refractivity contribution in [3.8, 4) is 11.1 Å². The van der Waals surface area contributed by atoms with Crippen LogP contribution in [0.3, 0.4) is 0 Å². The van der Waals surface area contributed by atoms with Gasteiger partial charge < -0.3 is 5.11 Å². The molecule has 1 heterocycles. The van der Waals surface area contributed by atoms with Crippen LogP contribution in [0, 0.1) is 0 Å². The fourth-order valence-corrected chi connectivity index (χ4v) is 1.95. The average Bonchev–Trinajstić information content (AvgIpc) is 2.71. The fraction of sp³-hybridized carbons (Fsp3) is 0.286. The molecule has 0 aliphatic heterocycles. The highest BCUT2D eigenvalue weighted by Crippen LogP contribution is 2.28. The maximum absolute atomic E-state index is 10.8. The summed E-state index contributed by atoms with van der Waals surface area (Å²) >= 11 is 0. The number of rotatable bonds is 3. The van der Waals surface area contributed by atoms with Crippen LogP contribution in [0.5, 0.6) is 0 Å². The quantitative estimate of drug-likeness (QED) is 0.903. The number of aromatic carboxylic acids is 1. The summed E-state index contributed by atoms with van der Waals surface area (Å²) in [6.45, 7) is 4.19. The van der Waals surface area contributed by atoms with Crippen molar-refractivity contribution in [3.05, 3.63) is 41.7 Å². The predicted octanol–water partition coefficient (Wildman–Crippen LogP) is 2.91. The van der Waals surface area contributed by atoms with Gasteiger partial charge in [0.2, 0.25) is 0 Å². The van der Waals surface area contributed by atoms with Crippen molar-refractivity contribution in [2.75, 3.05) is 0 Å². The van der Waals surface area contributed by atoms with Crippen LogP contribution in [-0.2, 0) is 7.05 Å². The standard InChI is InChI=1S/C14H16N2O2/c1-9(2)13-12(8-16(3)15-13)10-4-6-11(7-5-10)14(17)18/h4-9H,1-3H3,(H,17,18). The summed E-state index contributed by atoms with van der Waals surface area (Å²) in [5.74, 6) is -0.572. The van der Waals surface area contributed by atoms with Crippen molar-refractivity contribution >= 4 is 5.97 Å². The van der Waals surface area contributed by atoms with Crippen molar-refractivity contribution in [1.82, 2.24) is 9.78 Å². The molecule has 1 aromatic heterocycles. The molecule has 0 spiro atoms. The first-order valence-electron chi connectivity index (χ1n) is 5.86. The van der Waals surface area contributed by atoms with E-state index < -0.39 is 5.97 Å². The lowest BCUT2D eigenvalue weighted by atomic mass is 9.99. The van der Waals surface area contributed by atoms with Crippen molar-refractivity contribution < 1.29 is 9.90 Å².